The Morgan fingerprint density at radius 2 is 1.92 bits per heavy atom. The molecule has 1 atom stereocenters. The second-order valence-corrected chi connectivity index (χ2v) is 7.79. The van der Waals surface area contributed by atoms with Crippen LogP contribution in [0, 0.1) is 5.92 Å². The summed E-state index contributed by atoms with van der Waals surface area (Å²) in [7, 11) is 0. The van der Waals surface area contributed by atoms with Crippen LogP contribution in [0.5, 0.6) is 0 Å². The highest BCUT2D eigenvalue weighted by atomic mass is 16.6. The minimum Gasteiger partial charge on any atom is -0.478 e. The van der Waals surface area contributed by atoms with E-state index in [9.17, 15) is 14.7 Å². The Kier molecular flexibility index (Phi) is 5.60. The molecule has 1 N–H and O–H groups in total. The Labute approximate surface area is 149 Å². The van der Waals surface area contributed by atoms with Crippen LogP contribution < -0.4 is 4.90 Å². The first kappa shape index (κ1) is 19.1. The molecule has 0 radical (unpaired) electrons. The molecule has 0 unspecified atom stereocenters. The summed E-state index contributed by atoms with van der Waals surface area (Å²) in [6.07, 6.45) is -0.287. The van der Waals surface area contributed by atoms with Crippen LogP contribution in [0.1, 0.15) is 45.0 Å². The zero-order valence-electron chi connectivity index (χ0n) is 15.7. The van der Waals surface area contributed by atoms with E-state index in [0.29, 0.717) is 19.6 Å². The molecule has 6 nitrogen and oxygen atoms in total. The summed E-state index contributed by atoms with van der Waals surface area (Å²) in [6, 6.07) is 6.94. The smallest absolute Gasteiger partial charge is 0.410 e. The van der Waals surface area contributed by atoms with Crippen LogP contribution in [0.2, 0.25) is 0 Å². The Hall–Kier alpha value is -2.24. The van der Waals surface area contributed by atoms with Gasteiger partial charge in [0.05, 0.1) is 11.6 Å². The summed E-state index contributed by atoms with van der Waals surface area (Å²) in [4.78, 5) is 27.7. The van der Waals surface area contributed by atoms with Crippen molar-refractivity contribution in [2.45, 2.75) is 46.3 Å². The third-order valence-electron chi connectivity index (χ3n) is 4.27. The highest BCUT2D eigenvalue weighted by Gasteiger charge is 2.35. The average molecular weight is 348 g/mol. The number of carboxylic acid groups (broad SMARTS) is 1. The van der Waals surface area contributed by atoms with E-state index in [1.54, 1.807) is 23.1 Å². The molecule has 0 aliphatic carbocycles. The number of benzene rings is 1. The number of rotatable bonds is 3. The van der Waals surface area contributed by atoms with Crippen molar-refractivity contribution in [2.75, 3.05) is 24.5 Å². The number of carbonyl (C=O) groups is 2. The van der Waals surface area contributed by atoms with Crippen LogP contribution in [0.4, 0.5) is 10.5 Å². The SMILES string of the molecule is CC(C)[C@H]1CN(c2cccc(C(=O)O)c2)CCN1C(=O)OC(C)(C)C. The van der Waals surface area contributed by atoms with E-state index in [-0.39, 0.29) is 23.6 Å². The van der Waals surface area contributed by atoms with Gasteiger partial charge in [-0.2, -0.15) is 0 Å². The number of nitrogens with zero attached hydrogens (tertiary/aromatic N) is 2. The predicted molar refractivity (Wildman–Crippen MR) is 97.2 cm³/mol. The van der Waals surface area contributed by atoms with Crippen molar-refractivity contribution in [3.8, 4) is 0 Å². The largest absolute Gasteiger partial charge is 0.478 e. The van der Waals surface area contributed by atoms with E-state index in [4.69, 9.17) is 4.74 Å². The molecule has 0 saturated carbocycles. The topological polar surface area (TPSA) is 70.1 Å². The second kappa shape index (κ2) is 7.33. The number of carbonyl (C=O) groups excluding carboxylic acids is 1. The molecule has 1 fully saturated rings. The fourth-order valence-corrected chi connectivity index (χ4v) is 3.00. The summed E-state index contributed by atoms with van der Waals surface area (Å²) >= 11 is 0. The van der Waals surface area contributed by atoms with Gasteiger partial charge in [0, 0.05) is 25.3 Å². The van der Waals surface area contributed by atoms with Crippen LogP contribution in [0.3, 0.4) is 0 Å². The van der Waals surface area contributed by atoms with Crippen molar-refractivity contribution in [2.24, 2.45) is 5.92 Å². The van der Waals surface area contributed by atoms with Gasteiger partial charge in [0.25, 0.3) is 0 Å². The second-order valence-electron chi connectivity index (χ2n) is 7.79. The predicted octanol–water partition coefficient (Wildman–Crippen LogP) is 3.47. The molecule has 138 valence electrons. The maximum atomic E-state index is 12.5. The third kappa shape index (κ3) is 4.87. The van der Waals surface area contributed by atoms with E-state index in [0.717, 1.165) is 5.69 Å². The summed E-state index contributed by atoms with van der Waals surface area (Å²) in [5.41, 5.74) is 0.619. The first-order valence-corrected chi connectivity index (χ1v) is 8.66. The standard InChI is InChI=1S/C19H28N2O4/c1-13(2)16-12-20(15-8-6-7-14(11-15)17(22)23)9-10-21(16)18(24)25-19(3,4)5/h6-8,11,13,16H,9-10,12H2,1-5H3,(H,22,23)/t16-/m1/s1. The van der Waals surface area contributed by atoms with Gasteiger partial charge in [0.1, 0.15) is 5.60 Å². The van der Waals surface area contributed by atoms with Gasteiger partial charge in [-0.25, -0.2) is 9.59 Å². The number of hydrogen-bond acceptors (Lipinski definition) is 4. The van der Waals surface area contributed by atoms with Gasteiger partial charge >= 0.3 is 12.1 Å². The molecule has 25 heavy (non-hydrogen) atoms. The molecule has 1 heterocycles. The maximum absolute atomic E-state index is 12.5. The number of piperazine rings is 1. The lowest BCUT2D eigenvalue weighted by atomic mass is 9.99. The molecule has 0 spiro atoms. The van der Waals surface area contributed by atoms with Crippen LogP contribution in [-0.4, -0.2) is 53.3 Å². The fraction of sp³-hybridized carbons (Fsp3) is 0.579. The highest BCUT2D eigenvalue weighted by Crippen LogP contribution is 2.25. The summed E-state index contributed by atoms with van der Waals surface area (Å²) in [5.74, 6) is -0.673. The fourth-order valence-electron chi connectivity index (χ4n) is 3.00. The van der Waals surface area contributed by atoms with Crippen molar-refractivity contribution in [1.29, 1.82) is 0 Å². The van der Waals surface area contributed by atoms with Crippen molar-refractivity contribution in [3.63, 3.8) is 0 Å². The van der Waals surface area contributed by atoms with Gasteiger partial charge in [-0.15, -0.1) is 0 Å². The molecule has 1 saturated heterocycles. The Morgan fingerprint density at radius 1 is 1.24 bits per heavy atom. The van der Waals surface area contributed by atoms with E-state index in [2.05, 4.69) is 18.7 Å². The van der Waals surface area contributed by atoms with Gasteiger partial charge in [0.15, 0.2) is 0 Å². The van der Waals surface area contributed by atoms with Gasteiger partial charge in [-0.3, -0.25) is 0 Å². The van der Waals surface area contributed by atoms with Gasteiger partial charge in [0.2, 0.25) is 0 Å². The summed E-state index contributed by atoms with van der Waals surface area (Å²) < 4.78 is 5.54. The monoisotopic (exact) mass is 348 g/mol. The zero-order valence-corrected chi connectivity index (χ0v) is 15.7. The van der Waals surface area contributed by atoms with Crippen molar-refractivity contribution in [3.05, 3.63) is 29.8 Å². The molecular formula is C19H28N2O4. The Balaban J connectivity index is 2.17. The van der Waals surface area contributed by atoms with E-state index in [1.807, 2.05) is 26.8 Å². The van der Waals surface area contributed by atoms with Crippen molar-refractivity contribution >= 4 is 17.7 Å². The Bertz CT molecular complexity index is 637. The van der Waals surface area contributed by atoms with E-state index in [1.165, 1.54) is 0 Å². The molecule has 0 bridgehead atoms. The normalized spacial score (nSPS) is 18.4. The van der Waals surface area contributed by atoms with Crippen LogP contribution >= 0.6 is 0 Å². The Morgan fingerprint density at radius 3 is 2.48 bits per heavy atom. The number of aromatic carboxylic acids is 1. The van der Waals surface area contributed by atoms with Crippen molar-refractivity contribution in [1.82, 2.24) is 4.90 Å². The molecule has 1 amide bonds. The van der Waals surface area contributed by atoms with Gasteiger partial charge in [-0.1, -0.05) is 19.9 Å². The lowest BCUT2D eigenvalue weighted by Gasteiger charge is -2.44. The van der Waals surface area contributed by atoms with Gasteiger partial charge < -0.3 is 19.6 Å². The van der Waals surface area contributed by atoms with Crippen molar-refractivity contribution < 1.29 is 19.4 Å². The number of hydrogen-bond donors (Lipinski definition) is 1. The molecule has 1 aromatic carbocycles. The van der Waals surface area contributed by atoms with E-state index >= 15 is 0 Å². The zero-order chi connectivity index (χ0) is 18.8. The van der Waals surface area contributed by atoms with Gasteiger partial charge in [-0.05, 0) is 44.9 Å². The van der Waals surface area contributed by atoms with Crippen LogP contribution in [0.15, 0.2) is 24.3 Å². The molecule has 2 rings (SSSR count). The minimum absolute atomic E-state index is 0.0112. The molecular weight excluding hydrogens is 320 g/mol. The molecule has 1 aliphatic heterocycles. The number of anilines is 1. The molecule has 1 aliphatic rings. The molecule has 1 aromatic rings. The lowest BCUT2D eigenvalue weighted by molar-refractivity contribution is 0.00882. The van der Waals surface area contributed by atoms with Crippen LogP contribution in [0.25, 0.3) is 0 Å². The molecule has 0 aromatic heterocycles. The quantitative estimate of drug-likeness (QED) is 0.906. The number of amides is 1. The number of ether oxygens (including phenoxy) is 1. The first-order valence-electron chi connectivity index (χ1n) is 8.66. The summed E-state index contributed by atoms with van der Waals surface area (Å²) in [6.45, 7) is 11.6. The lowest BCUT2D eigenvalue weighted by Crippen LogP contribution is -2.58. The highest BCUT2D eigenvalue weighted by molar-refractivity contribution is 5.88. The minimum atomic E-state index is -0.936. The van der Waals surface area contributed by atoms with Crippen LogP contribution in [-0.2, 0) is 4.74 Å². The average Bonchev–Trinajstić information content (AvgIpc) is 2.52. The van der Waals surface area contributed by atoms with E-state index < -0.39 is 11.6 Å². The maximum Gasteiger partial charge on any atom is 0.410 e. The number of carboxylic acids is 1. The first-order chi connectivity index (χ1) is 11.6. The molecule has 6 heteroatoms. The third-order valence-corrected chi connectivity index (χ3v) is 4.27. The summed E-state index contributed by atoms with van der Waals surface area (Å²) in [5, 5.41) is 9.18.